The van der Waals surface area contributed by atoms with Crippen molar-refractivity contribution in [3.05, 3.63) is 66.1 Å². The number of likely N-dealkylation sites (tertiary alicyclic amines) is 2. The molecule has 3 aromatic rings. The van der Waals surface area contributed by atoms with Crippen LogP contribution >= 0.6 is 0 Å². The van der Waals surface area contributed by atoms with Gasteiger partial charge in [-0.1, -0.05) is 48.5 Å². The zero-order valence-corrected chi connectivity index (χ0v) is 23.8. The number of carbonyl (C=O) groups excluding carboxylic acids is 2. The molecule has 0 spiro atoms. The molecule has 2 aliphatic heterocycles. The first kappa shape index (κ1) is 28.2. The van der Waals surface area contributed by atoms with Gasteiger partial charge >= 0.3 is 12.1 Å². The number of nitrogens with zero attached hydrogens (tertiary/aromatic N) is 3. The average Bonchev–Trinajstić information content (AvgIpc) is 3.71. The van der Waals surface area contributed by atoms with Gasteiger partial charge in [-0.15, -0.1) is 0 Å². The lowest BCUT2D eigenvalue weighted by molar-refractivity contribution is -0.125. The van der Waals surface area contributed by atoms with E-state index in [0.717, 1.165) is 46.6 Å². The molecule has 2 saturated heterocycles. The Morgan fingerprint density at radius 2 is 1.54 bits per heavy atom. The number of rotatable bonds is 6. The van der Waals surface area contributed by atoms with E-state index in [0.29, 0.717) is 32.5 Å². The van der Waals surface area contributed by atoms with Gasteiger partial charge in [-0.05, 0) is 68.7 Å². The van der Waals surface area contributed by atoms with Crippen LogP contribution in [0.3, 0.4) is 0 Å². The van der Waals surface area contributed by atoms with E-state index in [1.165, 1.54) is 4.90 Å². The van der Waals surface area contributed by atoms with Crippen molar-refractivity contribution in [2.45, 2.75) is 70.6 Å². The summed E-state index contributed by atoms with van der Waals surface area (Å²) in [6.45, 7) is 7.40. The molecule has 10 nitrogen and oxygen atoms in total. The Labute approximate surface area is 240 Å². The van der Waals surface area contributed by atoms with Crippen molar-refractivity contribution >= 4 is 18.0 Å². The van der Waals surface area contributed by atoms with Crippen LogP contribution in [0.15, 0.2) is 54.7 Å². The van der Waals surface area contributed by atoms with Gasteiger partial charge in [0.05, 0.1) is 17.9 Å². The number of urea groups is 1. The predicted molar refractivity (Wildman–Crippen MR) is 156 cm³/mol. The van der Waals surface area contributed by atoms with E-state index >= 15 is 0 Å². The molecule has 41 heavy (non-hydrogen) atoms. The average molecular weight is 559 g/mol. The minimum Gasteiger partial charge on any atom is -0.465 e. The number of amides is 4. The molecule has 216 valence electrons. The summed E-state index contributed by atoms with van der Waals surface area (Å²) in [4.78, 5) is 47.8. The number of hydrogen-bond acceptors (Lipinski definition) is 4. The molecule has 0 saturated carbocycles. The lowest BCUT2D eigenvalue weighted by Gasteiger charge is -2.28. The molecule has 0 bridgehead atoms. The maximum absolute atomic E-state index is 12.8. The van der Waals surface area contributed by atoms with Crippen LogP contribution < -0.4 is 10.6 Å². The van der Waals surface area contributed by atoms with Crippen LogP contribution in [0.4, 0.5) is 9.59 Å². The molecule has 2 unspecified atom stereocenters. The van der Waals surface area contributed by atoms with E-state index in [1.807, 2.05) is 56.1 Å². The summed E-state index contributed by atoms with van der Waals surface area (Å²) in [5.74, 6) is 0.553. The van der Waals surface area contributed by atoms with Crippen LogP contribution in [0.1, 0.15) is 63.9 Å². The standard InChI is InChI=1S/C31H38N6O4/c1-31(2,3)35-29(39)36-16-4-6-25(36)27-32-19-24(34-27)23-14-12-22(13-15-23)21-10-8-20(9-11-21)18-33-28(38)26-7-5-17-37(26)30(40)41/h8-15,19,25-26H,4-7,16-18H2,1-3H3,(H,32,34)(H,33,38)(H,35,39)(H,40,41). The SMILES string of the molecule is CC(C)(C)NC(=O)N1CCCC1c1ncc(-c2ccc(-c3ccc(CNC(=O)C4CCCN4C(=O)O)cc3)cc2)[nH]1. The second-order valence-electron chi connectivity index (χ2n) is 11.8. The van der Waals surface area contributed by atoms with Crippen LogP contribution in [0.2, 0.25) is 0 Å². The fourth-order valence-corrected chi connectivity index (χ4v) is 5.57. The van der Waals surface area contributed by atoms with Gasteiger partial charge in [-0.25, -0.2) is 14.6 Å². The first-order chi connectivity index (χ1) is 19.6. The molecule has 0 radical (unpaired) electrons. The first-order valence-corrected chi connectivity index (χ1v) is 14.2. The summed E-state index contributed by atoms with van der Waals surface area (Å²) in [5.41, 5.74) is 4.68. The topological polar surface area (TPSA) is 131 Å². The lowest BCUT2D eigenvalue weighted by Crippen LogP contribution is -2.48. The van der Waals surface area contributed by atoms with Gasteiger partial charge in [0.1, 0.15) is 11.9 Å². The third-order valence-corrected chi connectivity index (χ3v) is 7.66. The fraction of sp³-hybridized carbons (Fsp3) is 0.419. The summed E-state index contributed by atoms with van der Waals surface area (Å²) in [6.07, 6.45) is 3.86. The monoisotopic (exact) mass is 558 g/mol. The van der Waals surface area contributed by atoms with Crippen LogP contribution in [0, 0.1) is 0 Å². The van der Waals surface area contributed by atoms with Crippen LogP contribution in [0.25, 0.3) is 22.4 Å². The highest BCUT2D eigenvalue weighted by atomic mass is 16.4. The Hall–Kier alpha value is -4.34. The number of imidazole rings is 1. The third-order valence-electron chi connectivity index (χ3n) is 7.66. The third kappa shape index (κ3) is 6.53. The minimum absolute atomic E-state index is 0.0608. The molecular weight excluding hydrogens is 520 g/mol. The number of benzene rings is 2. The van der Waals surface area contributed by atoms with Gasteiger partial charge in [0.15, 0.2) is 0 Å². The second kappa shape index (κ2) is 11.6. The normalized spacial score (nSPS) is 18.9. The fourth-order valence-electron chi connectivity index (χ4n) is 5.57. The first-order valence-electron chi connectivity index (χ1n) is 14.2. The summed E-state index contributed by atoms with van der Waals surface area (Å²) in [7, 11) is 0. The zero-order chi connectivity index (χ0) is 29.1. The second-order valence-corrected chi connectivity index (χ2v) is 11.8. The number of aromatic amines is 1. The van der Waals surface area contributed by atoms with E-state index in [2.05, 4.69) is 44.9 Å². The number of hydrogen-bond donors (Lipinski definition) is 4. The van der Waals surface area contributed by atoms with Crippen molar-refractivity contribution in [3.63, 3.8) is 0 Å². The maximum atomic E-state index is 12.8. The van der Waals surface area contributed by atoms with E-state index in [1.54, 1.807) is 0 Å². The molecule has 1 aromatic heterocycles. The quantitative estimate of drug-likeness (QED) is 0.333. The van der Waals surface area contributed by atoms with E-state index in [-0.39, 0.29) is 23.5 Å². The van der Waals surface area contributed by atoms with E-state index in [4.69, 9.17) is 0 Å². The van der Waals surface area contributed by atoms with Crippen molar-refractivity contribution in [3.8, 4) is 22.4 Å². The van der Waals surface area contributed by atoms with Crippen LogP contribution in [-0.2, 0) is 11.3 Å². The van der Waals surface area contributed by atoms with Gasteiger partial charge in [-0.2, -0.15) is 0 Å². The minimum atomic E-state index is -1.05. The number of nitrogens with one attached hydrogen (secondary N) is 3. The molecule has 5 rings (SSSR count). The highest BCUT2D eigenvalue weighted by molar-refractivity contribution is 5.85. The van der Waals surface area contributed by atoms with Crippen molar-refractivity contribution in [1.82, 2.24) is 30.4 Å². The van der Waals surface area contributed by atoms with Gasteiger partial charge in [0, 0.05) is 25.2 Å². The smallest absolute Gasteiger partial charge is 0.407 e. The summed E-state index contributed by atoms with van der Waals surface area (Å²) in [6, 6.07) is 15.5. The molecule has 4 amide bonds. The molecular formula is C31H38N6O4. The Kier molecular flexibility index (Phi) is 8.01. The Bertz CT molecular complexity index is 1390. The summed E-state index contributed by atoms with van der Waals surface area (Å²) >= 11 is 0. The lowest BCUT2D eigenvalue weighted by atomic mass is 10.0. The molecule has 10 heteroatoms. The highest BCUT2D eigenvalue weighted by Gasteiger charge is 2.34. The van der Waals surface area contributed by atoms with Crippen molar-refractivity contribution in [1.29, 1.82) is 0 Å². The molecule has 2 aromatic carbocycles. The van der Waals surface area contributed by atoms with Crippen molar-refractivity contribution in [2.24, 2.45) is 0 Å². The molecule has 2 atom stereocenters. The molecule has 2 aliphatic rings. The Balaban J connectivity index is 1.19. The highest BCUT2D eigenvalue weighted by Crippen LogP contribution is 2.32. The number of aromatic nitrogens is 2. The number of carboxylic acid groups (broad SMARTS) is 1. The van der Waals surface area contributed by atoms with Gasteiger partial charge in [0.2, 0.25) is 5.91 Å². The number of H-pyrrole nitrogens is 1. The summed E-state index contributed by atoms with van der Waals surface area (Å²) < 4.78 is 0. The van der Waals surface area contributed by atoms with Crippen molar-refractivity contribution < 1.29 is 19.5 Å². The van der Waals surface area contributed by atoms with Gasteiger partial charge in [-0.3, -0.25) is 9.69 Å². The predicted octanol–water partition coefficient (Wildman–Crippen LogP) is 5.15. The molecule has 2 fully saturated rings. The zero-order valence-electron chi connectivity index (χ0n) is 23.8. The van der Waals surface area contributed by atoms with E-state index in [9.17, 15) is 19.5 Å². The number of carbonyl (C=O) groups is 3. The van der Waals surface area contributed by atoms with Crippen LogP contribution in [-0.4, -0.2) is 67.6 Å². The van der Waals surface area contributed by atoms with E-state index < -0.39 is 12.1 Å². The van der Waals surface area contributed by atoms with Gasteiger partial charge in [0.25, 0.3) is 0 Å². The maximum Gasteiger partial charge on any atom is 0.407 e. The molecule has 3 heterocycles. The van der Waals surface area contributed by atoms with Gasteiger partial charge < -0.3 is 25.6 Å². The molecule has 4 N–H and O–H groups in total. The Morgan fingerprint density at radius 3 is 2.20 bits per heavy atom. The summed E-state index contributed by atoms with van der Waals surface area (Å²) in [5, 5.41) is 15.2. The molecule has 0 aliphatic carbocycles. The van der Waals surface area contributed by atoms with Crippen molar-refractivity contribution in [2.75, 3.05) is 13.1 Å². The van der Waals surface area contributed by atoms with Crippen LogP contribution in [0.5, 0.6) is 0 Å². The Morgan fingerprint density at radius 1 is 0.927 bits per heavy atom. The largest absolute Gasteiger partial charge is 0.465 e.